The fourth-order valence-corrected chi connectivity index (χ4v) is 3.40. The number of hydrogen-bond acceptors (Lipinski definition) is 6. The van der Waals surface area contributed by atoms with Gasteiger partial charge in [-0.15, -0.1) is 0 Å². The number of carbonyl (C=O) groups excluding carboxylic acids is 2. The summed E-state index contributed by atoms with van der Waals surface area (Å²) in [6, 6.07) is 11.2. The van der Waals surface area contributed by atoms with E-state index in [1.54, 1.807) is 12.1 Å². The minimum Gasteiger partial charge on any atom is -0.494 e. The van der Waals surface area contributed by atoms with Gasteiger partial charge in [-0.3, -0.25) is 14.2 Å². The van der Waals surface area contributed by atoms with Crippen LogP contribution in [0, 0.1) is 20.8 Å². The highest BCUT2D eigenvalue weighted by molar-refractivity contribution is 5.99. The second-order valence-corrected chi connectivity index (χ2v) is 7.04. The molecule has 30 heavy (non-hydrogen) atoms. The second-order valence-electron chi connectivity index (χ2n) is 7.04. The van der Waals surface area contributed by atoms with E-state index < -0.39 is 5.97 Å². The van der Waals surface area contributed by atoms with Crippen LogP contribution < -0.4 is 4.74 Å². The number of Topliss-reactive ketones (excluding diaryl/α,β-unsaturated/α-hetero) is 1. The van der Waals surface area contributed by atoms with Crippen molar-refractivity contribution in [3.05, 3.63) is 64.7 Å². The molecule has 0 unspecified atom stereocenters. The highest BCUT2D eigenvalue weighted by atomic mass is 16.5. The molecule has 0 bridgehead atoms. The molecule has 7 heteroatoms. The molecule has 2 heterocycles. The van der Waals surface area contributed by atoms with Crippen LogP contribution in [0.15, 0.2) is 40.9 Å². The molecule has 0 aliphatic rings. The van der Waals surface area contributed by atoms with Gasteiger partial charge in [0, 0.05) is 29.4 Å². The van der Waals surface area contributed by atoms with Crippen molar-refractivity contribution in [3.8, 4) is 11.6 Å². The number of nitrogens with zero attached hydrogens (tertiary/aromatic N) is 2. The molecule has 0 spiro atoms. The molecule has 3 rings (SSSR count). The first kappa shape index (κ1) is 21.4. The van der Waals surface area contributed by atoms with E-state index in [1.807, 2.05) is 56.5 Å². The molecule has 0 N–H and O–H groups in total. The normalized spacial score (nSPS) is 10.8. The van der Waals surface area contributed by atoms with E-state index in [4.69, 9.17) is 14.0 Å². The van der Waals surface area contributed by atoms with Gasteiger partial charge in [0.1, 0.15) is 11.5 Å². The summed E-state index contributed by atoms with van der Waals surface area (Å²) in [6.45, 7) is 7.70. The van der Waals surface area contributed by atoms with Gasteiger partial charge in [0.15, 0.2) is 12.4 Å². The van der Waals surface area contributed by atoms with Crippen LogP contribution in [0.5, 0.6) is 5.75 Å². The predicted octanol–water partition coefficient (Wildman–Crippen LogP) is 4.15. The van der Waals surface area contributed by atoms with E-state index in [9.17, 15) is 9.59 Å². The van der Waals surface area contributed by atoms with Gasteiger partial charge < -0.3 is 14.0 Å². The SMILES string of the molecule is CCOc1ccccc1CCC(=O)OCC(=O)c1cc(C)n(-c2cc(C)on2)c1C. The van der Waals surface area contributed by atoms with Crippen LogP contribution in [0.4, 0.5) is 0 Å². The van der Waals surface area contributed by atoms with Gasteiger partial charge in [-0.1, -0.05) is 23.4 Å². The third-order valence-corrected chi connectivity index (χ3v) is 4.81. The van der Waals surface area contributed by atoms with E-state index in [2.05, 4.69) is 5.16 Å². The Balaban J connectivity index is 1.59. The van der Waals surface area contributed by atoms with Crippen LogP contribution in [0.2, 0.25) is 0 Å². The van der Waals surface area contributed by atoms with Crippen molar-refractivity contribution in [3.63, 3.8) is 0 Å². The smallest absolute Gasteiger partial charge is 0.306 e. The molecule has 2 aromatic heterocycles. The summed E-state index contributed by atoms with van der Waals surface area (Å²) in [5.41, 5.74) is 3.02. The molecule has 7 nitrogen and oxygen atoms in total. The zero-order chi connectivity index (χ0) is 21.7. The van der Waals surface area contributed by atoms with Crippen molar-refractivity contribution >= 4 is 11.8 Å². The average Bonchev–Trinajstić information content (AvgIpc) is 3.27. The van der Waals surface area contributed by atoms with E-state index in [0.717, 1.165) is 22.7 Å². The molecule has 0 radical (unpaired) electrons. The Morgan fingerprint density at radius 3 is 2.60 bits per heavy atom. The third kappa shape index (κ3) is 4.79. The average molecular weight is 410 g/mol. The number of carbonyl (C=O) groups is 2. The predicted molar refractivity (Wildman–Crippen MR) is 111 cm³/mol. The summed E-state index contributed by atoms with van der Waals surface area (Å²) in [5, 5.41) is 4.01. The van der Waals surface area contributed by atoms with Gasteiger partial charge in [-0.05, 0) is 51.8 Å². The van der Waals surface area contributed by atoms with Gasteiger partial charge in [0.05, 0.1) is 6.61 Å². The quantitative estimate of drug-likeness (QED) is 0.389. The minimum atomic E-state index is -0.421. The topological polar surface area (TPSA) is 83.6 Å². The van der Waals surface area contributed by atoms with Gasteiger partial charge >= 0.3 is 5.97 Å². The molecular formula is C23H26N2O5. The Morgan fingerprint density at radius 1 is 1.13 bits per heavy atom. The Bertz CT molecular complexity index is 1050. The number of aromatic nitrogens is 2. The summed E-state index contributed by atoms with van der Waals surface area (Å²) < 4.78 is 17.8. The summed E-state index contributed by atoms with van der Waals surface area (Å²) in [5.74, 6) is 1.39. The molecule has 0 amide bonds. The highest BCUT2D eigenvalue weighted by Crippen LogP contribution is 2.22. The van der Waals surface area contributed by atoms with E-state index in [1.165, 1.54) is 0 Å². The van der Waals surface area contributed by atoms with Crippen LogP contribution in [0.25, 0.3) is 5.82 Å². The van der Waals surface area contributed by atoms with Crippen LogP contribution >= 0.6 is 0 Å². The molecule has 0 saturated heterocycles. The van der Waals surface area contributed by atoms with Crippen molar-refractivity contribution in [2.75, 3.05) is 13.2 Å². The first-order valence-corrected chi connectivity index (χ1v) is 9.92. The number of para-hydroxylation sites is 1. The number of benzene rings is 1. The Hall–Kier alpha value is -3.35. The summed E-state index contributed by atoms with van der Waals surface area (Å²) in [6.07, 6.45) is 0.665. The lowest BCUT2D eigenvalue weighted by molar-refractivity contribution is -0.142. The molecule has 0 aliphatic heterocycles. The molecule has 0 atom stereocenters. The molecule has 0 saturated carbocycles. The number of ether oxygens (including phenoxy) is 2. The molecule has 1 aromatic carbocycles. The fourth-order valence-electron chi connectivity index (χ4n) is 3.40. The number of esters is 1. The maximum Gasteiger partial charge on any atom is 0.306 e. The molecule has 0 aliphatic carbocycles. The summed E-state index contributed by atoms with van der Waals surface area (Å²) in [7, 11) is 0. The van der Waals surface area contributed by atoms with Crippen molar-refractivity contribution in [1.29, 1.82) is 0 Å². The first-order valence-electron chi connectivity index (χ1n) is 9.92. The van der Waals surface area contributed by atoms with Crippen LogP contribution in [0.1, 0.15) is 46.4 Å². The Kier molecular flexibility index (Phi) is 6.72. The third-order valence-electron chi connectivity index (χ3n) is 4.81. The number of rotatable bonds is 9. The lowest BCUT2D eigenvalue weighted by atomic mass is 10.1. The van der Waals surface area contributed by atoms with Crippen LogP contribution in [-0.4, -0.2) is 34.7 Å². The van der Waals surface area contributed by atoms with Gasteiger partial charge in [0.2, 0.25) is 5.78 Å². The van der Waals surface area contributed by atoms with Crippen molar-refractivity contribution in [1.82, 2.24) is 9.72 Å². The first-order chi connectivity index (χ1) is 14.4. The molecular weight excluding hydrogens is 384 g/mol. The summed E-state index contributed by atoms with van der Waals surface area (Å²) >= 11 is 0. The van der Waals surface area contributed by atoms with E-state index in [0.29, 0.717) is 30.2 Å². The van der Waals surface area contributed by atoms with Crippen LogP contribution in [0.3, 0.4) is 0 Å². The fraction of sp³-hybridized carbons (Fsp3) is 0.348. The minimum absolute atomic E-state index is 0.175. The van der Waals surface area contributed by atoms with E-state index >= 15 is 0 Å². The maximum atomic E-state index is 12.6. The molecule has 158 valence electrons. The lowest BCUT2D eigenvalue weighted by Crippen LogP contribution is -2.15. The molecule has 3 aromatic rings. The largest absolute Gasteiger partial charge is 0.494 e. The molecule has 0 fully saturated rings. The zero-order valence-electron chi connectivity index (χ0n) is 17.7. The number of ketones is 1. The Labute approximate surface area is 175 Å². The van der Waals surface area contributed by atoms with Crippen LogP contribution in [-0.2, 0) is 16.0 Å². The monoisotopic (exact) mass is 410 g/mol. The number of hydrogen-bond donors (Lipinski definition) is 0. The standard InChI is InChI=1S/C23H26N2O5/c1-5-28-21-9-7-6-8-18(21)10-11-23(27)29-14-20(26)19-12-15(2)25(17(19)4)22-13-16(3)30-24-22/h6-9,12-13H,5,10-11,14H2,1-4H3. The number of aryl methyl sites for hydroxylation is 3. The Morgan fingerprint density at radius 2 is 1.90 bits per heavy atom. The van der Waals surface area contributed by atoms with Gasteiger partial charge in [-0.2, -0.15) is 0 Å². The van der Waals surface area contributed by atoms with Crippen molar-refractivity contribution < 1.29 is 23.6 Å². The lowest BCUT2D eigenvalue weighted by Gasteiger charge is -2.10. The second kappa shape index (κ2) is 9.43. The van der Waals surface area contributed by atoms with Gasteiger partial charge in [-0.25, -0.2) is 0 Å². The summed E-state index contributed by atoms with van der Waals surface area (Å²) in [4.78, 5) is 24.8. The zero-order valence-corrected chi connectivity index (χ0v) is 17.7. The van der Waals surface area contributed by atoms with Crippen molar-refractivity contribution in [2.45, 2.75) is 40.5 Å². The van der Waals surface area contributed by atoms with Gasteiger partial charge in [0.25, 0.3) is 0 Å². The highest BCUT2D eigenvalue weighted by Gasteiger charge is 2.19. The maximum absolute atomic E-state index is 12.6. The van der Waals surface area contributed by atoms with E-state index in [-0.39, 0.29) is 18.8 Å². The van der Waals surface area contributed by atoms with Crippen molar-refractivity contribution in [2.24, 2.45) is 0 Å².